The van der Waals surface area contributed by atoms with Gasteiger partial charge in [0.2, 0.25) is 0 Å². The van der Waals surface area contributed by atoms with Crippen molar-refractivity contribution in [1.29, 1.82) is 0 Å². The van der Waals surface area contributed by atoms with Gasteiger partial charge in [-0.3, -0.25) is 9.36 Å². The molecule has 0 aliphatic rings. The van der Waals surface area contributed by atoms with Crippen molar-refractivity contribution in [1.82, 2.24) is 30.1 Å². The van der Waals surface area contributed by atoms with Crippen LogP contribution in [0.25, 0.3) is 0 Å². The van der Waals surface area contributed by atoms with Gasteiger partial charge in [-0.1, -0.05) is 12.1 Å². The average molecular weight is 302 g/mol. The van der Waals surface area contributed by atoms with Crippen LogP contribution in [0.3, 0.4) is 0 Å². The average Bonchev–Trinajstić information content (AvgIpc) is 3.05. The van der Waals surface area contributed by atoms with Gasteiger partial charge in [0.15, 0.2) is 5.69 Å². The summed E-state index contributed by atoms with van der Waals surface area (Å²) in [6.07, 6.45) is -0.286. The van der Waals surface area contributed by atoms with Crippen molar-refractivity contribution in [2.75, 3.05) is 6.54 Å². The molecule has 2 heterocycles. The maximum atomic E-state index is 12.4. The Morgan fingerprint density at radius 1 is 1.24 bits per heavy atom. The molecule has 2 aromatic rings. The van der Waals surface area contributed by atoms with E-state index in [4.69, 9.17) is 0 Å². The minimum Gasteiger partial charge on any atom is -0.311 e. The highest BCUT2D eigenvalue weighted by atomic mass is 19.4. The van der Waals surface area contributed by atoms with Gasteiger partial charge in [0.1, 0.15) is 0 Å². The third-order valence-electron chi connectivity index (χ3n) is 2.81. The maximum absolute atomic E-state index is 12.4. The molecule has 0 unspecified atom stereocenters. The molecule has 2 aromatic heterocycles. The lowest BCUT2D eigenvalue weighted by atomic mass is 10.4. The summed E-state index contributed by atoms with van der Waals surface area (Å²) in [5, 5.41) is 14.6. The van der Waals surface area contributed by atoms with E-state index in [0.29, 0.717) is 19.6 Å². The van der Waals surface area contributed by atoms with E-state index in [2.05, 4.69) is 27.7 Å². The molecule has 0 radical (unpaired) electrons. The molecule has 6 nitrogen and oxygen atoms in total. The topological polar surface area (TPSA) is 60.6 Å². The summed E-state index contributed by atoms with van der Waals surface area (Å²) >= 11 is 0. The molecule has 0 aliphatic heterocycles. The summed E-state index contributed by atoms with van der Waals surface area (Å²) in [6, 6.07) is 0.960. The fraction of sp³-hybridized carbons (Fsp3) is 0.583. The molecule has 0 saturated heterocycles. The van der Waals surface area contributed by atoms with Gasteiger partial charge in [0.05, 0.1) is 18.8 Å². The van der Waals surface area contributed by atoms with Gasteiger partial charge in [-0.05, 0) is 19.0 Å². The lowest BCUT2D eigenvalue weighted by Crippen LogP contribution is -2.14. The van der Waals surface area contributed by atoms with Crippen LogP contribution in [0.1, 0.15) is 24.7 Å². The Morgan fingerprint density at radius 3 is 2.67 bits per heavy atom. The third kappa shape index (κ3) is 4.55. The maximum Gasteiger partial charge on any atom is 0.435 e. The Labute approximate surface area is 119 Å². The summed E-state index contributed by atoms with van der Waals surface area (Å²) in [7, 11) is 0. The molecule has 9 heteroatoms. The fourth-order valence-corrected chi connectivity index (χ4v) is 1.76. The first-order chi connectivity index (χ1) is 9.99. The van der Waals surface area contributed by atoms with E-state index < -0.39 is 11.9 Å². The molecule has 0 bridgehead atoms. The Hall–Kier alpha value is -1.90. The van der Waals surface area contributed by atoms with Crippen LogP contribution in [0, 0.1) is 0 Å². The molecule has 0 spiro atoms. The van der Waals surface area contributed by atoms with Gasteiger partial charge in [0, 0.05) is 18.9 Å². The van der Waals surface area contributed by atoms with E-state index in [1.165, 1.54) is 10.9 Å². The first-order valence-corrected chi connectivity index (χ1v) is 6.69. The molecule has 0 amide bonds. The second kappa shape index (κ2) is 6.70. The summed E-state index contributed by atoms with van der Waals surface area (Å²) in [4.78, 5) is 0. The van der Waals surface area contributed by atoms with Crippen LogP contribution >= 0.6 is 0 Å². The van der Waals surface area contributed by atoms with Crippen LogP contribution < -0.4 is 5.32 Å². The minimum atomic E-state index is -4.41. The van der Waals surface area contributed by atoms with Gasteiger partial charge in [-0.2, -0.15) is 18.3 Å². The van der Waals surface area contributed by atoms with Gasteiger partial charge < -0.3 is 5.32 Å². The summed E-state index contributed by atoms with van der Waals surface area (Å²) in [5.74, 6) is 0. The van der Waals surface area contributed by atoms with Crippen LogP contribution in [0.2, 0.25) is 0 Å². The highest BCUT2D eigenvalue weighted by Gasteiger charge is 2.33. The van der Waals surface area contributed by atoms with E-state index in [1.54, 1.807) is 10.9 Å². The second-order valence-electron chi connectivity index (χ2n) is 4.61. The fourth-order valence-electron chi connectivity index (χ4n) is 1.76. The Bertz CT molecular complexity index is 559. The molecule has 0 aliphatic carbocycles. The molecular formula is C12H17F3N6. The Kier molecular flexibility index (Phi) is 4.94. The number of aromatic nitrogens is 5. The van der Waals surface area contributed by atoms with Gasteiger partial charge in [0.25, 0.3) is 0 Å². The molecule has 0 aromatic carbocycles. The predicted molar refractivity (Wildman–Crippen MR) is 69.2 cm³/mol. The van der Waals surface area contributed by atoms with E-state index in [1.807, 2.05) is 0 Å². The zero-order chi connectivity index (χ0) is 15.3. The quantitative estimate of drug-likeness (QED) is 0.791. The van der Waals surface area contributed by atoms with E-state index >= 15 is 0 Å². The number of nitrogens with zero attached hydrogens (tertiary/aromatic N) is 5. The first kappa shape index (κ1) is 15.5. The van der Waals surface area contributed by atoms with Crippen molar-refractivity contribution in [3.8, 4) is 0 Å². The minimum absolute atomic E-state index is 0.307. The number of alkyl halides is 3. The number of hydrogen-bond donors (Lipinski definition) is 1. The van der Waals surface area contributed by atoms with E-state index in [-0.39, 0.29) is 0 Å². The van der Waals surface area contributed by atoms with Crippen LogP contribution in [0.5, 0.6) is 0 Å². The Balaban J connectivity index is 1.84. The van der Waals surface area contributed by atoms with Crippen LogP contribution in [0.15, 0.2) is 18.5 Å². The van der Waals surface area contributed by atoms with Crippen LogP contribution in [-0.2, 0) is 25.8 Å². The van der Waals surface area contributed by atoms with E-state index in [9.17, 15) is 13.2 Å². The number of rotatable bonds is 7. The zero-order valence-corrected chi connectivity index (χ0v) is 11.6. The van der Waals surface area contributed by atoms with Gasteiger partial charge >= 0.3 is 6.18 Å². The third-order valence-corrected chi connectivity index (χ3v) is 2.81. The zero-order valence-electron chi connectivity index (χ0n) is 11.6. The smallest absolute Gasteiger partial charge is 0.311 e. The summed E-state index contributed by atoms with van der Waals surface area (Å²) in [6.45, 7) is 4.33. The van der Waals surface area contributed by atoms with Crippen molar-refractivity contribution in [3.63, 3.8) is 0 Å². The van der Waals surface area contributed by atoms with Gasteiger partial charge in [-0.25, -0.2) is 0 Å². The molecule has 1 N–H and O–H groups in total. The highest BCUT2D eigenvalue weighted by molar-refractivity contribution is 5.03. The molecular weight excluding hydrogens is 285 g/mol. The largest absolute Gasteiger partial charge is 0.435 e. The number of aryl methyl sites for hydroxylation is 2. The van der Waals surface area contributed by atoms with Crippen LogP contribution in [0.4, 0.5) is 13.2 Å². The van der Waals surface area contributed by atoms with Crippen molar-refractivity contribution < 1.29 is 13.2 Å². The molecule has 21 heavy (non-hydrogen) atoms. The van der Waals surface area contributed by atoms with Crippen molar-refractivity contribution in [3.05, 3.63) is 29.8 Å². The first-order valence-electron chi connectivity index (χ1n) is 6.69. The lowest BCUT2D eigenvalue weighted by Gasteiger charge is -2.03. The number of hydrogen-bond acceptors (Lipinski definition) is 4. The molecule has 116 valence electrons. The number of halogens is 3. The second-order valence-corrected chi connectivity index (χ2v) is 4.61. The van der Waals surface area contributed by atoms with Crippen molar-refractivity contribution in [2.24, 2.45) is 0 Å². The number of nitrogens with one attached hydrogen (secondary N) is 1. The summed E-state index contributed by atoms with van der Waals surface area (Å²) in [5.41, 5.74) is -0.0783. The van der Waals surface area contributed by atoms with E-state index in [0.717, 1.165) is 24.7 Å². The lowest BCUT2D eigenvalue weighted by molar-refractivity contribution is -0.141. The Morgan fingerprint density at radius 2 is 2.00 bits per heavy atom. The monoisotopic (exact) mass is 302 g/mol. The molecule has 0 saturated carbocycles. The normalized spacial score (nSPS) is 12.0. The SMILES string of the molecule is CCCNCc1cn(CCn2ccc(C(F)(F)F)n2)nn1. The van der Waals surface area contributed by atoms with Crippen LogP contribution in [-0.4, -0.2) is 31.3 Å². The molecule has 2 rings (SSSR count). The standard InChI is InChI=1S/C12H17F3N6/c1-2-4-16-8-10-9-21(19-17-10)7-6-20-5-3-11(18-20)12(13,14)15/h3,5,9,16H,2,4,6-8H2,1H3. The molecule has 0 fully saturated rings. The van der Waals surface area contributed by atoms with Gasteiger partial charge in [-0.15, -0.1) is 5.10 Å². The molecule has 0 atom stereocenters. The highest BCUT2D eigenvalue weighted by Crippen LogP contribution is 2.27. The summed E-state index contributed by atoms with van der Waals surface area (Å²) < 4.78 is 40.1. The van der Waals surface area contributed by atoms with Crippen molar-refractivity contribution >= 4 is 0 Å². The van der Waals surface area contributed by atoms with Crippen molar-refractivity contribution in [2.45, 2.75) is 39.2 Å². The predicted octanol–water partition coefficient (Wildman–Crippen LogP) is 1.69.